The van der Waals surface area contributed by atoms with Crippen molar-refractivity contribution in [3.63, 3.8) is 0 Å². The Kier molecular flexibility index (Phi) is 5.39. The summed E-state index contributed by atoms with van der Waals surface area (Å²) in [6.07, 6.45) is 0.142. The number of hydrogen-bond acceptors (Lipinski definition) is 3. The van der Waals surface area contributed by atoms with E-state index in [0.717, 1.165) is 0 Å². The van der Waals surface area contributed by atoms with Gasteiger partial charge in [-0.3, -0.25) is 9.59 Å². The third-order valence-electron chi connectivity index (χ3n) is 2.22. The molecule has 0 atom stereocenters. The molecule has 0 heterocycles. The molecular weight excluding hydrogens is 287 g/mol. The third-order valence-corrected chi connectivity index (χ3v) is 2.96. The van der Waals surface area contributed by atoms with Gasteiger partial charge in [0.15, 0.2) is 5.78 Å². The number of hydrogen-bond donors (Lipinski definition) is 0. The Morgan fingerprint density at radius 2 is 1.74 bits per heavy atom. The van der Waals surface area contributed by atoms with Crippen LogP contribution >= 0.6 is 23.2 Å². The van der Waals surface area contributed by atoms with Gasteiger partial charge in [0.1, 0.15) is 5.60 Å². The van der Waals surface area contributed by atoms with Gasteiger partial charge >= 0.3 is 5.97 Å². The van der Waals surface area contributed by atoms with E-state index in [0.29, 0.717) is 15.6 Å². The number of ether oxygens (including phenoxy) is 1. The number of Topliss-reactive ketones (excluding diaryl/α,β-unsaturated/α-hetero) is 1. The zero-order valence-electron chi connectivity index (χ0n) is 11.1. The van der Waals surface area contributed by atoms with Gasteiger partial charge in [-0.25, -0.2) is 0 Å². The topological polar surface area (TPSA) is 43.4 Å². The molecule has 1 rings (SSSR count). The van der Waals surface area contributed by atoms with Gasteiger partial charge in [-0.2, -0.15) is 0 Å². The summed E-state index contributed by atoms with van der Waals surface area (Å²) in [4.78, 5) is 23.4. The van der Waals surface area contributed by atoms with Crippen molar-refractivity contribution in [1.82, 2.24) is 0 Å². The van der Waals surface area contributed by atoms with E-state index in [1.807, 2.05) is 0 Å². The quantitative estimate of drug-likeness (QED) is 0.615. The van der Waals surface area contributed by atoms with Crippen LogP contribution in [0.4, 0.5) is 0 Å². The van der Waals surface area contributed by atoms with Gasteiger partial charge in [0, 0.05) is 12.0 Å². The van der Waals surface area contributed by atoms with E-state index in [4.69, 9.17) is 27.9 Å². The van der Waals surface area contributed by atoms with Crippen molar-refractivity contribution in [1.29, 1.82) is 0 Å². The maximum atomic E-state index is 11.9. The Morgan fingerprint density at radius 1 is 1.11 bits per heavy atom. The normalized spacial score (nSPS) is 11.2. The minimum Gasteiger partial charge on any atom is -0.460 e. The summed E-state index contributed by atoms with van der Waals surface area (Å²) in [6.45, 7) is 5.35. The summed E-state index contributed by atoms with van der Waals surface area (Å²) in [5.74, 6) is -0.551. The first kappa shape index (κ1) is 16.0. The highest BCUT2D eigenvalue weighted by Crippen LogP contribution is 2.23. The molecular formula is C14H16Cl2O3. The molecule has 0 unspecified atom stereocenters. The smallest absolute Gasteiger partial charge is 0.306 e. The molecule has 0 aromatic heterocycles. The third kappa shape index (κ3) is 5.62. The van der Waals surface area contributed by atoms with Crippen molar-refractivity contribution in [2.75, 3.05) is 0 Å². The molecule has 0 spiro atoms. The van der Waals surface area contributed by atoms with Crippen LogP contribution in [0.1, 0.15) is 44.0 Å². The molecule has 0 aliphatic carbocycles. The van der Waals surface area contributed by atoms with Crippen LogP contribution in [-0.4, -0.2) is 17.4 Å². The van der Waals surface area contributed by atoms with Crippen LogP contribution in [0, 0.1) is 0 Å². The lowest BCUT2D eigenvalue weighted by molar-refractivity contribution is -0.154. The SMILES string of the molecule is CC(C)(C)OC(=O)CCC(=O)c1ccc(Cl)c(Cl)c1. The Hall–Kier alpha value is -1.06. The molecule has 0 amide bonds. The summed E-state index contributed by atoms with van der Waals surface area (Å²) in [5, 5.41) is 0.718. The van der Waals surface area contributed by atoms with Crippen LogP contribution in [0.15, 0.2) is 18.2 Å². The Morgan fingerprint density at radius 3 is 2.26 bits per heavy atom. The van der Waals surface area contributed by atoms with Crippen molar-refractivity contribution in [2.45, 2.75) is 39.2 Å². The van der Waals surface area contributed by atoms with E-state index in [1.54, 1.807) is 32.9 Å². The molecule has 0 radical (unpaired) electrons. The second-order valence-corrected chi connectivity index (χ2v) is 5.95. The Bertz CT molecular complexity index is 490. The first-order valence-electron chi connectivity index (χ1n) is 5.89. The number of rotatable bonds is 4. The molecule has 0 aliphatic rings. The fourth-order valence-corrected chi connectivity index (χ4v) is 1.72. The number of ketones is 1. The molecule has 0 bridgehead atoms. The van der Waals surface area contributed by atoms with Gasteiger partial charge in [-0.1, -0.05) is 23.2 Å². The molecule has 0 saturated carbocycles. The molecule has 1 aromatic carbocycles. The summed E-state index contributed by atoms with van der Waals surface area (Å²) in [6, 6.07) is 4.65. The highest BCUT2D eigenvalue weighted by Gasteiger charge is 2.17. The first-order valence-corrected chi connectivity index (χ1v) is 6.65. The van der Waals surface area contributed by atoms with E-state index < -0.39 is 5.60 Å². The molecule has 0 aliphatic heterocycles. The van der Waals surface area contributed by atoms with Crippen LogP contribution in [0.2, 0.25) is 10.0 Å². The molecule has 0 saturated heterocycles. The van der Waals surface area contributed by atoms with Crippen molar-refractivity contribution in [2.24, 2.45) is 0 Å². The molecule has 5 heteroatoms. The summed E-state index contributed by atoms with van der Waals surface area (Å²) < 4.78 is 5.13. The largest absolute Gasteiger partial charge is 0.460 e. The molecule has 0 fully saturated rings. The van der Waals surface area contributed by atoms with Crippen LogP contribution in [-0.2, 0) is 9.53 Å². The van der Waals surface area contributed by atoms with Crippen molar-refractivity contribution >= 4 is 35.0 Å². The Labute approximate surface area is 122 Å². The van der Waals surface area contributed by atoms with Gasteiger partial charge in [0.2, 0.25) is 0 Å². The number of benzene rings is 1. The molecule has 0 N–H and O–H groups in total. The minimum absolute atomic E-state index is 0.0519. The van der Waals surface area contributed by atoms with Crippen molar-refractivity contribution in [3.8, 4) is 0 Å². The number of halogens is 2. The fourth-order valence-electron chi connectivity index (χ4n) is 1.42. The molecule has 19 heavy (non-hydrogen) atoms. The lowest BCUT2D eigenvalue weighted by Gasteiger charge is -2.19. The predicted octanol–water partition coefficient (Wildman–Crippen LogP) is 4.30. The highest BCUT2D eigenvalue weighted by atomic mass is 35.5. The van der Waals surface area contributed by atoms with E-state index in [-0.39, 0.29) is 24.6 Å². The number of carbonyl (C=O) groups excluding carboxylic acids is 2. The average molecular weight is 303 g/mol. The number of esters is 1. The van der Waals surface area contributed by atoms with Crippen LogP contribution < -0.4 is 0 Å². The molecule has 3 nitrogen and oxygen atoms in total. The first-order chi connectivity index (χ1) is 8.69. The van der Waals surface area contributed by atoms with Gasteiger partial charge in [0.05, 0.1) is 16.5 Å². The van der Waals surface area contributed by atoms with Gasteiger partial charge < -0.3 is 4.74 Å². The van der Waals surface area contributed by atoms with Gasteiger partial charge in [0.25, 0.3) is 0 Å². The van der Waals surface area contributed by atoms with E-state index in [2.05, 4.69) is 0 Å². The summed E-state index contributed by atoms with van der Waals surface area (Å²) >= 11 is 11.6. The standard InChI is InChI=1S/C14H16Cl2O3/c1-14(2,3)19-13(18)7-6-12(17)9-4-5-10(15)11(16)8-9/h4-5,8H,6-7H2,1-3H3. The molecule has 104 valence electrons. The average Bonchev–Trinajstić information content (AvgIpc) is 2.27. The maximum Gasteiger partial charge on any atom is 0.306 e. The second-order valence-electron chi connectivity index (χ2n) is 5.14. The second kappa shape index (κ2) is 6.40. The van der Waals surface area contributed by atoms with Crippen LogP contribution in [0.25, 0.3) is 0 Å². The lowest BCUT2D eigenvalue weighted by atomic mass is 10.1. The van der Waals surface area contributed by atoms with Gasteiger partial charge in [-0.15, -0.1) is 0 Å². The fraction of sp³-hybridized carbons (Fsp3) is 0.429. The predicted molar refractivity (Wildman–Crippen MR) is 75.9 cm³/mol. The van der Waals surface area contributed by atoms with Crippen LogP contribution in [0.3, 0.4) is 0 Å². The summed E-state index contributed by atoms with van der Waals surface area (Å²) in [5.41, 5.74) is -0.0954. The van der Waals surface area contributed by atoms with E-state index >= 15 is 0 Å². The van der Waals surface area contributed by atoms with Crippen molar-refractivity contribution in [3.05, 3.63) is 33.8 Å². The number of carbonyl (C=O) groups is 2. The maximum absolute atomic E-state index is 11.9. The zero-order valence-corrected chi connectivity index (χ0v) is 12.6. The van der Waals surface area contributed by atoms with E-state index in [1.165, 1.54) is 6.07 Å². The van der Waals surface area contributed by atoms with Gasteiger partial charge in [-0.05, 0) is 39.0 Å². The lowest BCUT2D eigenvalue weighted by Crippen LogP contribution is -2.24. The van der Waals surface area contributed by atoms with Crippen LogP contribution in [0.5, 0.6) is 0 Å². The zero-order chi connectivity index (χ0) is 14.6. The highest BCUT2D eigenvalue weighted by molar-refractivity contribution is 6.42. The van der Waals surface area contributed by atoms with Crippen molar-refractivity contribution < 1.29 is 14.3 Å². The minimum atomic E-state index is -0.538. The summed E-state index contributed by atoms with van der Waals surface area (Å²) in [7, 11) is 0. The monoisotopic (exact) mass is 302 g/mol. The molecule has 1 aromatic rings. The van der Waals surface area contributed by atoms with E-state index in [9.17, 15) is 9.59 Å². The Balaban J connectivity index is 2.56.